The van der Waals surface area contributed by atoms with Crippen molar-refractivity contribution in [3.63, 3.8) is 0 Å². The third kappa shape index (κ3) is 19.1. The zero-order valence-corrected chi connectivity index (χ0v) is 13.3. The first-order valence-corrected chi connectivity index (χ1v) is 6.86. The number of nitrogens with two attached hydrogens (primary N) is 6. The fourth-order valence-corrected chi connectivity index (χ4v) is 1.30. The monoisotopic (exact) mass is 326 g/mol. The Hall–Kier alpha value is -0.930. The van der Waals surface area contributed by atoms with Crippen molar-refractivity contribution in [3.05, 3.63) is 0 Å². The molecule has 2 atom stereocenters. The van der Waals surface area contributed by atoms with Crippen molar-refractivity contribution in [2.45, 2.75) is 50.6 Å². The third-order valence-electron chi connectivity index (χ3n) is 2.67. The molecule has 9 heteroatoms. The zero-order valence-electron chi connectivity index (χ0n) is 12.5. The predicted octanol–water partition coefficient (Wildman–Crippen LogP) is -1.72. The van der Waals surface area contributed by atoms with Crippen LogP contribution in [0.5, 0.6) is 0 Å². The first-order chi connectivity index (χ1) is 9.36. The molecule has 12 N–H and O–H groups in total. The second kappa shape index (κ2) is 17.1. The quantitative estimate of drug-likeness (QED) is 0.258. The Kier molecular flexibility index (Phi) is 20.4. The van der Waals surface area contributed by atoms with Crippen LogP contribution in [-0.2, 0) is 9.59 Å². The summed E-state index contributed by atoms with van der Waals surface area (Å²) < 4.78 is 0. The topological polar surface area (TPSA) is 190 Å². The Morgan fingerprint density at radius 1 is 0.714 bits per heavy atom. The van der Waals surface area contributed by atoms with E-state index in [9.17, 15) is 9.59 Å². The molecule has 0 aliphatic carbocycles. The summed E-state index contributed by atoms with van der Waals surface area (Å²) in [6.07, 6.45) is 4.85. The van der Waals surface area contributed by atoms with E-state index < -0.39 is 23.9 Å². The molecule has 0 aliphatic heterocycles. The van der Waals surface area contributed by atoms with E-state index >= 15 is 0 Å². The van der Waals surface area contributed by atoms with Crippen LogP contribution in [0.2, 0.25) is 0 Å². The summed E-state index contributed by atoms with van der Waals surface area (Å²) in [6, 6.07) is -0.988. The standard InChI is InChI=1S/2C6H15N3O.ClH/c2*7-4-2-1-3-5(8)6(9)10;/h2*5H,1-4,7-8H2,(H2,9,10);1H. The second-order valence-corrected chi connectivity index (χ2v) is 4.59. The number of primary amides is 2. The molecule has 0 bridgehead atoms. The minimum absolute atomic E-state index is 0. The highest BCUT2D eigenvalue weighted by Crippen LogP contribution is 1.96. The molecule has 0 saturated carbocycles. The summed E-state index contributed by atoms with van der Waals surface area (Å²) in [5.41, 5.74) is 31.0. The summed E-state index contributed by atoms with van der Waals surface area (Å²) in [5.74, 6) is -0.867. The zero-order chi connectivity index (χ0) is 16.0. The van der Waals surface area contributed by atoms with Crippen LogP contribution in [0.25, 0.3) is 0 Å². The van der Waals surface area contributed by atoms with E-state index in [1.165, 1.54) is 0 Å². The van der Waals surface area contributed by atoms with Crippen molar-refractivity contribution in [2.24, 2.45) is 34.4 Å². The van der Waals surface area contributed by atoms with Gasteiger partial charge in [0.05, 0.1) is 12.1 Å². The molecule has 0 aromatic carbocycles. The summed E-state index contributed by atoms with van der Waals surface area (Å²) in [7, 11) is 0. The van der Waals surface area contributed by atoms with Crippen LogP contribution in [0, 0.1) is 0 Å². The summed E-state index contributed by atoms with van der Waals surface area (Å²) >= 11 is 0. The maximum absolute atomic E-state index is 10.4. The normalized spacial score (nSPS) is 12.4. The number of hydrogen-bond acceptors (Lipinski definition) is 6. The molecular weight excluding hydrogens is 296 g/mol. The van der Waals surface area contributed by atoms with E-state index in [1.54, 1.807) is 0 Å². The van der Waals surface area contributed by atoms with Crippen LogP contribution in [0.15, 0.2) is 0 Å². The fourth-order valence-electron chi connectivity index (χ4n) is 1.30. The molecule has 128 valence electrons. The molecular formula is C12H31ClN6O2. The number of amides is 2. The van der Waals surface area contributed by atoms with Gasteiger partial charge in [-0.15, -0.1) is 12.4 Å². The number of halogens is 1. The number of hydrogen-bond donors (Lipinski definition) is 6. The Labute approximate surface area is 132 Å². The van der Waals surface area contributed by atoms with Gasteiger partial charge in [0.2, 0.25) is 11.8 Å². The van der Waals surface area contributed by atoms with E-state index in [4.69, 9.17) is 34.4 Å². The predicted molar refractivity (Wildman–Crippen MR) is 87.4 cm³/mol. The molecule has 0 fully saturated rings. The smallest absolute Gasteiger partial charge is 0.234 e. The highest BCUT2D eigenvalue weighted by Gasteiger charge is 2.07. The molecule has 0 radical (unpaired) electrons. The highest BCUT2D eigenvalue weighted by atomic mass is 35.5. The molecule has 0 aromatic heterocycles. The van der Waals surface area contributed by atoms with Crippen LogP contribution < -0.4 is 34.4 Å². The van der Waals surface area contributed by atoms with E-state index in [0.717, 1.165) is 25.7 Å². The van der Waals surface area contributed by atoms with Gasteiger partial charge in [0, 0.05) is 0 Å². The lowest BCUT2D eigenvalue weighted by Gasteiger charge is -2.04. The van der Waals surface area contributed by atoms with Gasteiger partial charge >= 0.3 is 0 Å². The second-order valence-electron chi connectivity index (χ2n) is 4.59. The summed E-state index contributed by atoms with van der Waals surface area (Å²) in [4.78, 5) is 20.7. The van der Waals surface area contributed by atoms with E-state index in [-0.39, 0.29) is 12.4 Å². The van der Waals surface area contributed by atoms with Gasteiger partial charge in [-0.1, -0.05) is 12.8 Å². The maximum Gasteiger partial charge on any atom is 0.234 e. The highest BCUT2D eigenvalue weighted by molar-refractivity contribution is 5.85. The van der Waals surface area contributed by atoms with Crippen molar-refractivity contribution in [3.8, 4) is 0 Å². The largest absolute Gasteiger partial charge is 0.368 e. The lowest BCUT2D eigenvalue weighted by molar-refractivity contribution is -0.120. The Bertz CT molecular complexity index is 242. The van der Waals surface area contributed by atoms with Crippen LogP contribution in [0.1, 0.15) is 38.5 Å². The number of carbonyl (C=O) groups excluding carboxylic acids is 2. The van der Waals surface area contributed by atoms with Crippen molar-refractivity contribution < 1.29 is 9.59 Å². The van der Waals surface area contributed by atoms with Gasteiger partial charge in [-0.05, 0) is 38.8 Å². The van der Waals surface area contributed by atoms with Crippen LogP contribution >= 0.6 is 12.4 Å². The molecule has 8 nitrogen and oxygen atoms in total. The first-order valence-electron chi connectivity index (χ1n) is 6.86. The minimum Gasteiger partial charge on any atom is -0.368 e. The molecule has 0 heterocycles. The van der Waals surface area contributed by atoms with Crippen LogP contribution in [0.4, 0.5) is 0 Å². The molecule has 0 spiro atoms. The van der Waals surface area contributed by atoms with Crippen molar-refractivity contribution in [2.75, 3.05) is 13.1 Å². The molecule has 0 rings (SSSR count). The van der Waals surface area contributed by atoms with Crippen LogP contribution in [0.3, 0.4) is 0 Å². The van der Waals surface area contributed by atoms with E-state index in [2.05, 4.69) is 0 Å². The average Bonchev–Trinajstić information content (AvgIpc) is 2.39. The molecule has 0 aliphatic rings. The molecule has 2 unspecified atom stereocenters. The van der Waals surface area contributed by atoms with Crippen molar-refractivity contribution in [1.82, 2.24) is 0 Å². The Balaban J connectivity index is -0.000000295. The van der Waals surface area contributed by atoms with Gasteiger partial charge in [0.15, 0.2) is 0 Å². The Morgan fingerprint density at radius 3 is 1.19 bits per heavy atom. The summed E-state index contributed by atoms with van der Waals surface area (Å²) in [5, 5.41) is 0. The van der Waals surface area contributed by atoms with E-state index in [0.29, 0.717) is 25.9 Å². The lowest BCUT2D eigenvalue weighted by atomic mass is 10.1. The SMILES string of the molecule is Cl.NCCCCC(N)C(N)=O.NCCCCC(N)C(N)=O. The molecule has 0 saturated heterocycles. The summed E-state index contributed by atoms with van der Waals surface area (Å²) in [6.45, 7) is 1.29. The molecule has 0 aromatic rings. The molecule has 21 heavy (non-hydrogen) atoms. The van der Waals surface area contributed by atoms with Crippen molar-refractivity contribution in [1.29, 1.82) is 0 Å². The maximum atomic E-state index is 10.4. The van der Waals surface area contributed by atoms with Crippen LogP contribution in [-0.4, -0.2) is 37.0 Å². The fraction of sp³-hybridized carbons (Fsp3) is 0.833. The van der Waals surface area contributed by atoms with Gasteiger partial charge in [0.25, 0.3) is 0 Å². The lowest BCUT2D eigenvalue weighted by Crippen LogP contribution is -2.36. The Morgan fingerprint density at radius 2 is 1.00 bits per heavy atom. The van der Waals surface area contributed by atoms with Gasteiger partial charge in [-0.3, -0.25) is 9.59 Å². The van der Waals surface area contributed by atoms with Gasteiger partial charge in [-0.25, -0.2) is 0 Å². The average molecular weight is 327 g/mol. The number of rotatable bonds is 10. The third-order valence-corrected chi connectivity index (χ3v) is 2.67. The van der Waals surface area contributed by atoms with Gasteiger partial charge in [-0.2, -0.15) is 0 Å². The number of unbranched alkanes of at least 4 members (excludes halogenated alkanes) is 2. The van der Waals surface area contributed by atoms with E-state index in [1.807, 2.05) is 0 Å². The molecule has 2 amide bonds. The number of carbonyl (C=O) groups is 2. The first kappa shape index (κ1) is 25.0. The van der Waals surface area contributed by atoms with Crippen molar-refractivity contribution >= 4 is 24.2 Å². The minimum atomic E-state index is -0.494. The van der Waals surface area contributed by atoms with Gasteiger partial charge < -0.3 is 34.4 Å². The van der Waals surface area contributed by atoms with Gasteiger partial charge in [0.1, 0.15) is 0 Å².